The summed E-state index contributed by atoms with van der Waals surface area (Å²) >= 11 is 0. The van der Waals surface area contributed by atoms with Gasteiger partial charge in [-0.1, -0.05) is 182 Å². The summed E-state index contributed by atoms with van der Waals surface area (Å²) < 4.78 is 0. The van der Waals surface area contributed by atoms with E-state index in [0.29, 0.717) is 32.6 Å². The topological polar surface area (TPSA) is 46.8 Å². The molecule has 1 aliphatic rings. The van der Waals surface area contributed by atoms with Crippen molar-refractivity contribution >= 4 is 17.1 Å². The van der Waals surface area contributed by atoms with Gasteiger partial charge in [-0.25, -0.2) is 0 Å². The Morgan fingerprint density at radius 2 is 0.556 bits per heavy atom. The van der Waals surface area contributed by atoms with Crippen LogP contribution < -0.4 is 0 Å². The van der Waals surface area contributed by atoms with Gasteiger partial charge in [-0.2, -0.15) is 15.3 Å². The lowest BCUT2D eigenvalue weighted by molar-refractivity contribution is 0.265. The first-order chi connectivity index (χ1) is 26.7. The van der Waals surface area contributed by atoms with Crippen LogP contribution in [0, 0.1) is 0 Å². The van der Waals surface area contributed by atoms with Gasteiger partial charge in [0.25, 0.3) is 0 Å². The highest BCUT2D eigenvalue weighted by atomic mass is 15.5. The van der Waals surface area contributed by atoms with Gasteiger partial charge in [0, 0.05) is 12.1 Å². The van der Waals surface area contributed by atoms with Crippen molar-refractivity contribution in [1.29, 1.82) is 0 Å². The molecule has 0 heterocycles. The van der Waals surface area contributed by atoms with Gasteiger partial charge in [0.1, 0.15) is 0 Å². The van der Waals surface area contributed by atoms with Crippen LogP contribution in [-0.2, 0) is 39.3 Å². The fourth-order valence-electron chi connectivity index (χ4n) is 6.76. The van der Waals surface area contributed by atoms with Crippen molar-refractivity contribution in [3.05, 3.63) is 215 Å². The molecule has 0 aromatic heterocycles. The fraction of sp³-hybridized carbons (Fsp3) is 0.188. The monoisotopic (exact) mass is 708 g/mol. The first kappa shape index (κ1) is 36.1. The molecule has 0 atom stereocenters. The standard InChI is InChI=1S/C48H48N6/c1-7-19-40(20-8-1)34-52(35-41-21-9-2-10-22-41)49-46-31-32-47(50-53(36-42-23-11-3-12-24-42)37-43-25-13-4-14-26-43)48(33-46)51-54(38-44-27-15-5-16-28-44)39-45-29-17-6-18-30-45/h1-30H,31-39H2/b49-46+,50-47-,51-48+. The SMILES string of the molecule is c1ccc(CN(Cc2ccccc2)/N=C2/CC/C(=N\N(Cc3ccccc3)Cc3ccccc3)C/C2=N\N(Cc2ccccc2)Cc2ccccc2)cc1. The summed E-state index contributed by atoms with van der Waals surface area (Å²) in [7, 11) is 0. The van der Waals surface area contributed by atoms with Crippen LogP contribution in [0.2, 0.25) is 0 Å². The quantitative estimate of drug-likeness (QED) is 0.0998. The molecule has 0 saturated heterocycles. The Hall–Kier alpha value is -6.27. The van der Waals surface area contributed by atoms with Crippen molar-refractivity contribution in [2.24, 2.45) is 15.3 Å². The zero-order valence-corrected chi connectivity index (χ0v) is 30.9. The number of hydrogen-bond acceptors (Lipinski definition) is 6. The minimum atomic E-state index is 0.628. The molecule has 0 bridgehead atoms. The molecule has 1 aliphatic carbocycles. The van der Waals surface area contributed by atoms with Crippen molar-refractivity contribution in [3.63, 3.8) is 0 Å². The molecular weight excluding hydrogens is 661 g/mol. The molecule has 1 fully saturated rings. The molecule has 1 saturated carbocycles. The highest BCUT2D eigenvalue weighted by molar-refractivity contribution is 6.47. The predicted octanol–water partition coefficient (Wildman–Crippen LogP) is 10.3. The third-order valence-electron chi connectivity index (χ3n) is 9.41. The summed E-state index contributed by atoms with van der Waals surface area (Å²) in [4.78, 5) is 0. The molecule has 6 heteroatoms. The van der Waals surface area contributed by atoms with Crippen LogP contribution in [0.25, 0.3) is 0 Å². The van der Waals surface area contributed by atoms with Crippen LogP contribution >= 0.6 is 0 Å². The largest absolute Gasteiger partial charge is 0.288 e. The second kappa shape index (κ2) is 19.0. The second-order valence-electron chi connectivity index (χ2n) is 13.8. The van der Waals surface area contributed by atoms with Crippen molar-refractivity contribution in [3.8, 4) is 0 Å². The van der Waals surface area contributed by atoms with Gasteiger partial charge < -0.3 is 0 Å². The fourth-order valence-corrected chi connectivity index (χ4v) is 6.76. The van der Waals surface area contributed by atoms with E-state index < -0.39 is 0 Å². The Bertz CT molecular complexity index is 1960. The normalized spacial score (nSPS) is 15.0. The summed E-state index contributed by atoms with van der Waals surface area (Å²) in [6.07, 6.45) is 2.20. The Balaban J connectivity index is 1.26. The Labute approximate surface area is 320 Å². The van der Waals surface area contributed by atoms with Gasteiger partial charge in [0.2, 0.25) is 0 Å². The van der Waals surface area contributed by atoms with E-state index in [1.807, 2.05) is 0 Å². The second-order valence-corrected chi connectivity index (χ2v) is 13.8. The Morgan fingerprint density at radius 3 is 0.852 bits per heavy atom. The van der Waals surface area contributed by atoms with E-state index in [2.05, 4.69) is 197 Å². The lowest BCUT2D eigenvalue weighted by Crippen LogP contribution is -2.33. The van der Waals surface area contributed by atoms with Crippen molar-refractivity contribution in [1.82, 2.24) is 15.0 Å². The molecule has 6 aromatic carbocycles. The van der Waals surface area contributed by atoms with E-state index in [1.54, 1.807) is 0 Å². The zero-order chi connectivity index (χ0) is 36.6. The number of benzene rings is 6. The van der Waals surface area contributed by atoms with Crippen LogP contribution in [0.3, 0.4) is 0 Å². The molecular formula is C48H48N6. The molecule has 0 amide bonds. The number of hydrogen-bond donors (Lipinski definition) is 0. The molecule has 0 N–H and O–H groups in total. The average molecular weight is 709 g/mol. The van der Waals surface area contributed by atoms with Crippen molar-refractivity contribution < 1.29 is 0 Å². The van der Waals surface area contributed by atoms with E-state index in [1.165, 1.54) is 33.4 Å². The summed E-state index contributed by atoms with van der Waals surface area (Å²) in [6.45, 7) is 4.22. The van der Waals surface area contributed by atoms with Crippen LogP contribution in [0.5, 0.6) is 0 Å². The summed E-state index contributed by atoms with van der Waals surface area (Å²) in [5.41, 5.74) is 10.5. The number of rotatable bonds is 15. The van der Waals surface area contributed by atoms with Crippen LogP contribution in [-0.4, -0.2) is 32.2 Å². The minimum Gasteiger partial charge on any atom is -0.288 e. The smallest absolute Gasteiger partial charge is 0.0894 e. The zero-order valence-electron chi connectivity index (χ0n) is 30.9. The minimum absolute atomic E-state index is 0.628. The van der Waals surface area contributed by atoms with E-state index >= 15 is 0 Å². The molecule has 270 valence electrons. The van der Waals surface area contributed by atoms with E-state index in [-0.39, 0.29) is 0 Å². The lowest BCUT2D eigenvalue weighted by atomic mass is 9.94. The Kier molecular flexibility index (Phi) is 12.7. The number of hydrazone groups is 3. The lowest BCUT2D eigenvalue weighted by Gasteiger charge is -2.28. The molecule has 7 rings (SSSR count). The molecule has 6 aromatic rings. The van der Waals surface area contributed by atoms with Crippen LogP contribution in [0.1, 0.15) is 52.6 Å². The maximum absolute atomic E-state index is 5.49. The number of nitrogens with zero attached hydrogens (tertiary/aromatic N) is 6. The van der Waals surface area contributed by atoms with Gasteiger partial charge in [0.15, 0.2) is 0 Å². The molecule has 54 heavy (non-hydrogen) atoms. The highest BCUT2D eigenvalue weighted by Gasteiger charge is 2.24. The first-order valence-electron chi connectivity index (χ1n) is 18.9. The third kappa shape index (κ3) is 11.1. The van der Waals surface area contributed by atoms with E-state index in [4.69, 9.17) is 15.3 Å². The van der Waals surface area contributed by atoms with Gasteiger partial charge in [-0.05, 0) is 46.2 Å². The predicted molar refractivity (Wildman–Crippen MR) is 223 cm³/mol. The molecule has 6 nitrogen and oxygen atoms in total. The van der Waals surface area contributed by atoms with Crippen LogP contribution in [0.4, 0.5) is 0 Å². The van der Waals surface area contributed by atoms with Gasteiger partial charge >= 0.3 is 0 Å². The molecule has 0 unspecified atom stereocenters. The van der Waals surface area contributed by atoms with Gasteiger partial charge in [-0.15, -0.1) is 0 Å². The molecule has 0 spiro atoms. The first-order valence-corrected chi connectivity index (χ1v) is 18.9. The highest BCUT2D eigenvalue weighted by Crippen LogP contribution is 2.21. The van der Waals surface area contributed by atoms with Gasteiger partial charge in [0.05, 0.1) is 50.7 Å². The van der Waals surface area contributed by atoms with Gasteiger partial charge in [-0.3, -0.25) is 15.0 Å². The maximum atomic E-state index is 5.49. The Morgan fingerprint density at radius 1 is 0.296 bits per heavy atom. The maximum Gasteiger partial charge on any atom is 0.0894 e. The van der Waals surface area contributed by atoms with E-state index in [9.17, 15) is 0 Å². The van der Waals surface area contributed by atoms with E-state index in [0.717, 1.165) is 43.1 Å². The van der Waals surface area contributed by atoms with Crippen molar-refractivity contribution in [2.75, 3.05) is 0 Å². The summed E-state index contributed by atoms with van der Waals surface area (Å²) in [6, 6.07) is 63.7. The molecule has 0 aliphatic heterocycles. The summed E-state index contributed by atoms with van der Waals surface area (Å²) in [5.74, 6) is 0. The van der Waals surface area contributed by atoms with Crippen LogP contribution in [0.15, 0.2) is 197 Å². The van der Waals surface area contributed by atoms with Crippen molar-refractivity contribution in [2.45, 2.75) is 58.5 Å². The average Bonchev–Trinajstić information content (AvgIpc) is 3.21. The third-order valence-corrected chi connectivity index (χ3v) is 9.41. The summed E-state index contributed by atoms with van der Waals surface area (Å²) in [5, 5.41) is 22.9. The molecule has 0 radical (unpaired) electrons.